The lowest BCUT2D eigenvalue weighted by Gasteiger charge is -2.04. The Morgan fingerprint density at radius 2 is 1.80 bits per heavy atom. The minimum absolute atomic E-state index is 0.993. The van der Waals surface area contributed by atoms with Crippen LogP contribution in [0.2, 0.25) is 0 Å². The van der Waals surface area contributed by atoms with Crippen LogP contribution in [-0.4, -0.2) is 12.3 Å². The van der Waals surface area contributed by atoms with Crippen LogP contribution in [0.1, 0.15) is 32.3 Å². The molecule has 0 aliphatic heterocycles. The molecule has 0 radical (unpaired) electrons. The number of nitrogens with one attached hydrogen (secondary N) is 1. The Labute approximate surface area is 97.7 Å². The molecule has 0 atom stereocenters. The first-order valence-corrected chi connectivity index (χ1v) is 6.77. The van der Waals surface area contributed by atoms with E-state index in [2.05, 4.69) is 43.4 Å². The molecule has 1 nitrogen and oxygen atoms in total. The Bertz CT molecular complexity index is 256. The molecule has 0 aliphatic rings. The van der Waals surface area contributed by atoms with Gasteiger partial charge in [0.05, 0.1) is 0 Å². The molecule has 1 aromatic rings. The second-order valence-electron chi connectivity index (χ2n) is 3.67. The Balaban J connectivity index is 2.35. The van der Waals surface area contributed by atoms with Gasteiger partial charge in [-0.3, -0.25) is 0 Å². The number of benzene rings is 1. The maximum atomic E-state index is 3.41. The molecule has 0 saturated heterocycles. The minimum atomic E-state index is 0.993. The highest BCUT2D eigenvalue weighted by Crippen LogP contribution is 2.18. The zero-order chi connectivity index (χ0) is 10.9. The molecule has 1 rings (SSSR count). The molecule has 0 bridgehead atoms. The lowest BCUT2D eigenvalue weighted by Crippen LogP contribution is -2.13. The van der Waals surface area contributed by atoms with Crippen LogP contribution in [-0.2, 0) is 6.54 Å². The second-order valence-corrected chi connectivity index (χ2v) is 4.84. The van der Waals surface area contributed by atoms with Crippen LogP contribution in [0.3, 0.4) is 0 Å². The van der Waals surface area contributed by atoms with Crippen LogP contribution >= 0.6 is 11.8 Å². The smallest absolute Gasteiger partial charge is 0.0205 e. The number of thioether (sulfide) groups is 1. The van der Waals surface area contributed by atoms with Crippen LogP contribution in [0.5, 0.6) is 0 Å². The van der Waals surface area contributed by atoms with Crippen molar-refractivity contribution in [2.24, 2.45) is 0 Å². The zero-order valence-corrected chi connectivity index (χ0v) is 10.6. The van der Waals surface area contributed by atoms with Crippen molar-refractivity contribution in [2.75, 3.05) is 12.3 Å². The summed E-state index contributed by atoms with van der Waals surface area (Å²) >= 11 is 1.94. The molecule has 0 unspecified atom stereocenters. The third kappa shape index (κ3) is 5.24. The summed E-state index contributed by atoms with van der Waals surface area (Å²) in [5.74, 6) is 1.22. The van der Waals surface area contributed by atoms with Crippen molar-refractivity contribution in [1.82, 2.24) is 5.32 Å². The average Bonchev–Trinajstić information content (AvgIpc) is 2.28. The standard InChI is InChI=1S/C13H21NS/c1-3-9-14-11-12-5-7-13(8-6-12)15-10-4-2/h5-8,14H,3-4,9-11H2,1-2H3. The van der Waals surface area contributed by atoms with E-state index in [-0.39, 0.29) is 0 Å². The fraction of sp³-hybridized carbons (Fsp3) is 0.538. The Hall–Kier alpha value is -0.470. The first-order chi connectivity index (χ1) is 7.36. The zero-order valence-electron chi connectivity index (χ0n) is 9.75. The van der Waals surface area contributed by atoms with Gasteiger partial charge in [-0.15, -0.1) is 11.8 Å². The Morgan fingerprint density at radius 3 is 2.40 bits per heavy atom. The highest BCUT2D eigenvalue weighted by Gasteiger charge is 1.94. The van der Waals surface area contributed by atoms with Crippen molar-refractivity contribution in [3.05, 3.63) is 29.8 Å². The molecule has 2 heteroatoms. The largest absolute Gasteiger partial charge is 0.313 e. The SMILES string of the molecule is CCCNCc1ccc(SCCC)cc1. The molecule has 0 fully saturated rings. The molecule has 1 aromatic carbocycles. The van der Waals surface area contributed by atoms with Crippen molar-refractivity contribution in [3.8, 4) is 0 Å². The molecule has 0 saturated carbocycles. The van der Waals surface area contributed by atoms with E-state index in [1.165, 1.54) is 29.1 Å². The highest BCUT2D eigenvalue weighted by molar-refractivity contribution is 7.99. The van der Waals surface area contributed by atoms with Gasteiger partial charge >= 0.3 is 0 Å². The van der Waals surface area contributed by atoms with Crippen molar-refractivity contribution in [3.63, 3.8) is 0 Å². The van der Waals surface area contributed by atoms with Gasteiger partial charge in [-0.25, -0.2) is 0 Å². The van der Waals surface area contributed by atoms with Gasteiger partial charge in [0.1, 0.15) is 0 Å². The maximum Gasteiger partial charge on any atom is 0.0205 e. The monoisotopic (exact) mass is 223 g/mol. The summed E-state index contributed by atoms with van der Waals surface area (Å²) in [6.07, 6.45) is 2.44. The molecule has 1 N–H and O–H groups in total. The van der Waals surface area contributed by atoms with Gasteiger partial charge in [0, 0.05) is 11.4 Å². The minimum Gasteiger partial charge on any atom is -0.313 e. The van der Waals surface area contributed by atoms with E-state index in [9.17, 15) is 0 Å². The van der Waals surface area contributed by atoms with E-state index in [1.54, 1.807) is 0 Å². The summed E-state index contributed by atoms with van der Waals surface area (Å²) < 4.78 is 0. The quantitative estimate of drug-likeness (QED) is 0.559. The van der Waals surface area contributed by atoms with Gasteiger partial charge in [-0.2, -0.15) is 0 Å². The van der Waals surface area contributed by atoms with Crippen molar-refractivity contribution in [2.45, 2.75) is 38.1 Å². The number of hydrogen-bond donors (Lipinski definition) is 1. The van der Waals surface area contributed by atoms with Crippen LogP contribution in [0, 0.1) is 0 Å². The van der Waals surface area contributed by atoms with Gasteiger partial charge in [0.25, 0.3) is 0 Å². The summed E-state index contributed by atoms with van der Waals surface area (Å²) in [6, 6.07) is 8.90. The second kappa shape index (κ2) is 7.77. The Morgan fingerprint density at radius 1 is 1.07 bits per heavy atom. The first kappa shape index (κ1) is 12.6. The molecular formula is C13H21NS. The van der Waals surface area contributed by atoms with Gasteiger partial charge in [-0.1, -0.05) is 26.0 Å². The van der Waals surface area contributed by atoms with E-state index >= 15 is 0 Å². The predicted octanol–water partition coefficient (Wildman–Crippen LogP) is 3.69. The van der Waals surface area contributed by atoms with Crippen LogP contribution in [0.15, 0.2) is 29.2 Å². The van der Waals surface area contributed by atoms with Crippen molar-refractivity contribution >= 4 is 11.8 Å². The van der Waals surface area contributed by atoms with Gasteiger partial charge < -0.3 is 5.32 Å². The van der Waals surface area contributed by atoms with Crippen LogP contribution in [0.25, 0.3) is 0 Å². The van der Waals surface area contributed by atoms with Gasteiger partial charge in [0.2, 0.25) is 0 Å². The molecule has 15 heavy (non-hydrogen) atoms. The highest BCUT2D eigenvalue weighted by atomic mass is 32.2. The average molecular weight is 223 g/mol. The molecule has 0 aliphatic carbocycles. The molecular weight excluding hydrogens is 202 g/mol. The van der Waals surface area contributed by atoms with E-state index in [0.717, 1.165) is 13.1 Å². The summed E-state index contributed by atoms with van der Waals surface area (Å²) in [5.41, 5.74) is 1.38. The lowest BCUT2D eigenvalue weighted by atomic mass is 10.2. The van der Waals surface area contributed by atoms with Crippen molar-refractivity contribution < 1.29 is 0 Å². The predicted molar refractivity (Wildman–Crippen MR) is 69.5 cm³/mol. The fourth-order valence-electron chi connectivity index (χ4n) is 1.33. The summed E-state index contributed by atoms with van der Waals surface area (Å²) in [7, 11) is 0. The number of hydrogen-bond acceptors (Lipinski definition) is 2. The lowest BCUT2D eigenvalue weighted by molar-refractivity contribution is 0.675. The maximum absolute atomic E-state index is 3.41. The molecule has 0 aromatic heterocycles. The van der Waals surface area contributed by atoms with E-state index < -0.39 is 0 Å². The molecule has 0 amide bonds. The van der Waals surface area contributed by atoms with Gasteiger partial charge in [-0.05, 0) is 42.8 Å². The molecule has 84 valence electrons. The van der Waals surface area contributed by atoms with E-state index in [1.807, 2.05) is 11.8 Å². The fourth-order valence-corrected chi connectivity index (χ4v) is 2.10. The number of rotatable bonds is 7. The van der Waals surface area contributed by atoms with Crippen molar-refractivity contribution in [1.29, 1.82) is 0 Å². The van der Waals surface area contributed by atoms with Crippen LogP contribution < -0.4 is 5.32 Å². The normalized spacial score (nSPS) is 10.5. The van der Waals surface area contributed by atoms with Crippen LogP contribution in [0.4, 0.5) is 0 Å². The summed E-state index contributed by atoms with van der Waals surface area (Å²) in [5, 5.41) is 3.41. The Kier molecular flexibility index (Phi) is 6.53. The van der Waals surface area contributed by atoms with E-state index in [4.69, 9.17) is 0 Å². The first-order valence-electron chi connectivity index (χ1n) is 5.79. The third-order valence-corrected chi connectivity index (χ3v) is 3.37. The topological polar surface area (TPSA) is 12.0 Å². The molecule has 0 spiro atoms. The molecule has 0 heterocycles. The third-order valence-electron chi connectivity index (χ3n) is 2.15. The van der Waals surface area contributed by atoms with Gasteiger partial charge in [0.15, 0.2) is 0 Å². The van der Waals surface area contributed by atoms with E-state index in [0.29, 0.717) is 0 Å². The summed E-state index contributed by atoms with van der Waals surface area (Å²) in [4.78, 5) is 1.39. The summed E-state index contributed by atoms with van der Waals surface area (Å²) in [6.45, 7) is 6.51.